The van der Waals surface area contributed by atoms with Crippen molar-refractivity contribution in [3.8, 4) is 0 Å². The van der Waals surface area contributed by atoms with Gasteiger partial charge in [-0.05, 0) is 34.5 Å². The molecule has 1 heterocycles. The summed E-state index contributed by atoms with van der Waals surface area (Å²) in [6.07, 6.45) is 0. The standard InChI is InChI=1S/C14H25NSi2/c1-5-16(6-2)13-11-9-10-12-14(13)17(7-3,8-4)15-16/h9-12,15H,5-8H2,1-4H3. The topological polar surface area (TPSA) is 12.0 Å². The SMILES string of the molecule is CC[Si]1(CC)N[Si](CC)(CC)c2ccccc21. The Balaban J connectivity index is 2.60. The Hall–Kier alpha value is -0.386. The van der Waals surface area contributed by atoms with E-state index in [9.17, 15) is 0 Å². The van der Waals surface area contributed by atoms with Crippen LogP contribution in [0.4, 0.5) is 0 Å². The first kappa shape index (κ1) is 13.1. The van der Waals surface area contributed by atoms with Crippen LogP contribution in [-0.4, -0.2) is 16.5 Å². The summed E-state index contributed by atoms with van der Waals surface area (Å²) in [5.41, 5.74) is 0. The Morgan fingerprint density at radius 1 is 0.765 bits per heavy atom. The highest BCUT2D eigenvalue weighted by Gasteiger charge is 2.50. The molecule has 94 valence electrons. The van der Waals surface area contributed by atoms with E-state index in [0.717, 1.165) is 0 Å². The maximum absolute atomic E-state index is 4.26. The molecular formula is C14H25NSi2. The lowest BCUT2D eigenvalue weighted by Gasteiger charge is -2.32. The number of rotatable bonds is 4. The van der Waals surface area contributed by atoms with Crippen LogP contribution in [0.2, 0.25) is 24.2 Å². The number of benzene rings is 1. The van der Waals surface area contributed by atoms with Gasteiger partial charge in [0.15, 0.2) is 16.5 Å². The predicted octanol–water partition coefficient (Wildman–Crippen LogP) is 2.67. The molecule has 1 aliphatic heterocycles. The van der Waals surface area contributed by atoms with Gasteiger partial charge in [-0.1, -0.05) is 52.0 Å². The lowest BCUT2D eigenvalue weighted by Crippen LogP contribution is -2.62. The summed E-state index contributed by atoms with van der Waals surface area (Å²) in [5.74, 6) is 0. The first-order chi connectivity index (χ1) is 8.18. The van der Waals surface area contributed by atoms with E-state index in [1.165, 1.54) is 24.2 Å². The Morgan fingerprint density at radius 2 is 1.12 bits per heavy atom. The number of hydrogen-bond donors (Lipinski definition) is 1. The fourth-order valence-corrected chi connectivity index (χ4v) is 17.1. The number of fused-ring (bicyclic) bond motifs is 1. The Labute approximate surface area is 108 Å². The van der Waals surface area contributed by atoms with Gasteiger partial charge in [-0.3, -0.25) is 0 Å². The van der Waals surface area contributed by atoms with Crippen LogP contribution >= 0.6 is 0 Å². The summed E-state index contributed by atoms with van der Waals surface area (Å²) < 4.78 is 4.26. The van der Waals surface area contributed by atoms with E-state index in [1.807, 2.05) is 0 Å². The second-order valence-electron chi connectivity index (χ2n) is 5.25. The Morgan fingerprint density at radius 3 is 1.41 bits per heavy atom. The van der Waals surface area contributed by atoms with E-state index < -0.39 is 16.5 Å². The number of hydrogen-bond acceptors (Lipinski definition) is 1. The van der Waals surface area contributed by atoms with Gasteiger partial charge in [0.2, 0.25) is 0 Å². The molecule has 17 heavy (non-hydrogen) atoms. The van der Waals surface area contributed by atoms with Gasteiger partial charge in [0.1, 0.15) is 0 Å². The van der Waals surface area contributed by atoms with Crippen LogP contribution in [-0.2, 0) is 0 Å². The molecule has 0 amide bonds. The van der Waals surface area contributed by atoms with Crippen molar-refractivity contribution in [2.24, 2.45) is 0 Å². The molecule has 1 N–H and O–H groups in total. The maximum atomic E-state index is 4.26. The summed E-state index contributed by atoms with van der Waals surface area (Å²) >= 11 is 0. The molecular weight excluding hydrogens is 238 g/mol. The van der Waals surface area contributed by atoms with Crippen molar-refractivity contribution < 1.29 is 0 Å². The van der Waals surface area contributed by atoms with E-state index in [-0.39, 0.29) is 0 Å². The van der Waals surface area contributed by atoms with Gasteiger partial charge in [0, 0.05) is 0 Å². The van der Waals surface area contributed by atoms with Gasteiger partial charge in [-0.15, -0.1) is 0 Å². The summed E-state index contributed by atoms with van der Waals surface area (Å²) in [6, 6.07) is 14.7. The van der Waals surface area contributed by atoms with Crippen molar-refractivity contribution in [2.75, 3.05) is 0 Å². The molecule has 3 heteroatoms. The highest BCUT2D eigenvalue weighted by Crippen LogP contribution is 2.25. The fraction of sp³-hybridized carbons (Fsp3) is 0.571. The van der Waals surface area contributed by atoms with E-state index >= 15 is 0 Å². The highest BCUT2D eigenvalue weighted by atomic mass is 28.4. The van der Waals surface area contributed by atoms with Crippen LogP contribution in [0.1, 0.15) is 27.7 Å². The van der Waals surface area contributed by atoms with Gasteiger partial charge in [0.05, 0.1) is 0 Å². The highest BCUT2D eigenvalue weighted by molar-refractivity contribution is 7.12. The average Bonchev–Trinajstić information content (AvgIpc) is 2.71. The quantitative estimate of drug-likeness (QED) is 0.824. The van der Waals surface area contributed by atoms with Crippen molar-refractivity contribution in [3.05, 3.63) is 24.3 Å². The van der Waals surface area contributed by atoms with Crippen molar-refractivity contribution in [3.63, 3.8) is 0 Å². The second-order valence-corrected chi connectivity index (χ2v) is 14.5. The second kappa shape index (κ2) is 4.71. The zero-order valence-electron chi connectivity index (χ0n) is 11.6. The first-order valence-corrected chi connectivity index (χ1v) is 11.9. The zero-order chi connectivity index (χ0) is 12.5. The molecule has 1 aromatic carbocycles. The number of nitrogens with one attached hydrogen (secondary N) is 1. The monoisotopic (exact) mass is 263 g/mol. The fourth-order valence-electron chi connectivity index (χ4n) is 3.53. The molecule has 0 saturated carbocycles. The molecule has 2 rings (SSSR count). The summed E-state index contributed by atoms with van der Waals surface area (Å²) in [6.45, 7) is 9.54. The van der Waals surface area contributed by atoms with Crippen molar-refractivity contribution in [1.82, 2.24) is 4.65 Å². The Kier molecular flexibility index (Phi) is 3.62. The van der Waals surface area contributed by atoms with E-state index in [4.69, 9.17) is 0 Å². The van der Waals surface area contributed by atoms with Crippen LogP contribution in [0.5, 0.6) is 0 Å². The lowest BCUT2D eigenvalue weighted by molar-refractivity contribution is 1.13. The molecule has 0 bridgehead atoms. The maximum Gasteiger partial charge on any atom is 0.150 e. The van der Waals surface area contributed by atoms with Gasteiger partial charge in [-0.2, -0.15) is 0 Å². The average molecular weight is 264 g/mol. The van der Waals surface area contributed by atoms with E-state index in [1.54, 1.807) is 10.4 Å². The van der Waals surface area contributed by atoms with E-state index in [0.29, 0.717) is 0 Å². The van der Waals surface area contributed by atoms with Gasteiger partial charge in [0.25, 0.3) is 0 Å². The third kappa shape index (κ3) is 1.75. The first-order valence-electron chi connectivity index (χ1n) is 7.07. The third-order valence-corrected chi connectivity index (χ3v) is 16.7. The van der Waals surface area contributed by atoms with Gasteiger partial charge < -0.3 is 4.65 Å². The molecule has 0 saturated heterocycles. The van der Waals surface area contributed by atoms with Crippen LogP contribution in [0.15, 0.2) is 24.3 Å². The minimum Gasteiger partial charge on any atom is -0.352 e. The predicted molar refractivity (Wildman–Crippen MR) is 82.3 cm³/mol. The molecule has 1 nitrogen and oxygen atoms in total. The summed E-state index contributed by atoms with van der Waals surface area (Å²) in [4.78, 5) is 0. The largest absolute Gasteiger partial charge is 0.352 e. The molecule has 0 radical (unpaired) electrons. The minimum absolute atomic E-state index is 1.34. The van der Waals surface area contributed by atoms with Gasteiger partial charge in [-0.25, -0.2) is 0 Å². The zero-order valence-corrected chi connectivity index (χ0v) is 13.6. The van der Waals surface area contributed by atoms with Crippen LogP contribution in [0, 0.1) is 0 Å². The molecule has 0 aromatic heterocycles. The summed E-state index contributed by atoms with van der Waals surface area (Å²) in [7, 11) is -2.73. The van der Waals surface area contributed by atoms with Gasteiger partial charge >= 0.3 is 0 Å². The third-order valence-electron chi connectivity index (χ3n) is 4.85. The normalized spacial score (nSPS) is 20.2. The lowest BCUT2D eigenvalue weighted by atomic mass is 10.4. The smallest absolute Gasteiger partial charge is 0.150 e. The molecule has 1 aliphatic rings. The van der Waals surface area contributed by atoms with Crippen molar-refractivity contribution in [1.29, 1.82) is 0 Å². The van der Waals surface area contributed by atoms with Crippen LogP contribution in [0.25, 0.3) is 0 Å². The van der Waals surface area contributed by atoms with Crippen molar-refractivity contribution >= 4 is 26.8 Å². The summed E-state index contributed by atoms with van der Waals surface area (Å²) in [5, 5.41) is 3.47. The minimum atomic E-state index is -1.37. The van der Waals surface area contributed by atoms with Crippen LogP contribution < -0.4 is 15.0 Å². The van der Waals surface area contributed by atoms with Crippen LogP contribution in [0.3, 0.4) is 0 Å². The molecule has 0 fully saturated rings. The van der Waals surface area contributed by atoms with Crippen molar-refractivity contribution in [2.45, 2.75) is 51.9 Å². The molecule has 0 aliphatic carbocycles. The van der Waals surface area contributed by atoms with E-state index in [2.05, 4.69) is 56.6 Å². The Bertz CT molecular complexity index is 358. The molecule has 1 aromatic rings. The molecule has 0 atom stereocenters. The molecule has 0 spiro atoms. The molecule has 0 unspecified atom stereocenters.